The average Bonchev–Trinajstić information content (AvgIpc) is 2.80. The molecule has 7 nitrogen and oxygen atoms in total. The summed E-state index contributed by atoms with van der Waals surface area (Å²) >= 11 is 0. The van der Waals surface area contributed by atoms with Crippen molar-refractivity contribution in [3.8, 4) is 5.75 Å². The van der Waals surface area contributed by atoms with E-state index in [1.54, 1.807) is 7.11 Å². The van der Waals surface area contributed by atoms with Crippen LogP contribution in [-0.4, -0.2) is 28.2 Å². The number of fused-ring (bicyclic) bond motifs is 1. The van der Waals surface area contributed by atoms with E-state index in [-0.39, 0.29) is 12.0 Å². The number of anilines is 2. The van der Waals surface area contributed by atoms with Gasteiger partial charge in [0.05, 0.1) is 24.6 Å². The summed E-state index contributed by atoms with van der Waals surface area (Å²) in [5.41, 5.74) is 13.2. The van der Waals surface area contributed by atoms with Crippen LogP contribution in [-0.2, 0) is 4.79 Å². The largest absolute Gasteiger partial charge is 0.496 e. The number of nitrogens with two attached hydrogens (primary N) is 1. The molecule has 2 aromatic carbocycles. The van der Waals surface area contributed by atoms with Gasteiger partial charge in [0.15, 0.2) is 0 Å². The van der Waals surface area contributed by atoms with Crippen molar-refractivity contribution in [1.82, 2.24) is 9.97 Å². The number of rotatable bonds is 6. The summed E-state index contributed by atoms with van der Waals surface area (Å²) in [6.07, 6.45) is 3.84. The highest BCUT2D eigenvalue weighted by Crippen LogP contribution is 2.39. The molecule has 0 bridgehead atoms. The van der Waals surface area contributed by atoms with Crippen LogP contribution in [0.1, 0.15) is 60.3 Å². The highest BCUT2D eigenvalue weighted by molar-refractivity contribution is 5.94. The standard InChI is InChI=1S/C27H32N4O3/c1-14-10-20(28)11-21(15(14)2)16(3)29-26-23-12-22(18-6-8-19(9-7-18)27(32)33)25(34-5)13-24(23)30-17(4)31-26/h6,10-13,16,19H,7-9,28H2,1-5H3,(H,32,33)(H,29,30,31)/t16-,19?/m1/s1. The molecule has 178 valence electrons. The monoisotopic (exact) mass is 460 g/mol. The minimum atomic E-state index is -0.739. The number of aromatic nitrogens is 2. The molecule has 1 unspecified atom stereocenters. The van der Waals surface area contributed by atoms with Gasteiger partial charge in [0.1, 0.15) is 17.4 Å². The Morgan fingerprint density at radius 1 is 1.21 bits per heavy atom. The summed E-state index contributed by atoms with van der Waals surface area (Å²) in [6, 6.07) is 7.98. The lowest BCUT2D eigenvalue weighted by Gasteiger charge is -2.22. The lowest BCUT2D eigenvalue weighted by atomic mass is 9.86. The number of methoxy groups -OCH3 is 1. The van der Waals surface area contributed by atoms with E-state index < -0.39 is 5.97 Å². The second-order valence-corrected chi connectivity index (χ2v) is 9.15. The molecule has 3 aromatic rings. The number of nitrogens with zero attached hydrogens (tertiary/aromatic N) is 2. The highest BCUT2D eigenvalue weighted by Gasteiger charge is 2.24. The van der Waals surface area contributed by atoms with E-state index in [1.165, 1.54) is 5.56 Å². The van der Waals surface area contributed by atoms with Crippen molar-refractivity contribution in [2.24, 2.45) is 5.92 Å². The van der Waals surface area contributed by atoms with Gasteiger partial charge in [0, 0.05) is 22.7 Å². The Labute approximate surface area is 200 Å². The second-order valence-electron chi connectivity index (χ2n) is 9.15. The first-order valence-electron chi connectivity index (χ1n) is 11.6. The highest BCUT2D eigenvalue weighted by atomic mass is 16.5. The zero-order chi connectivity index (χ0) is 24.6. The third-order valence-electron chi connectivity index (χ3n) is 6.78. The van der Waals surface area contributed by atoms with E-state index in [0.29, 0.717) is 25.1 Å². The van der Waals surface area contributed by atoms with Gasteiger partial charge in [-0.1, -0.05) is 6.08 Å². The second kappa shape index (κ2) is 9.33. The maximum absolute atomic E-state index is 11.4. The number of carbonyl (C=O) groups is 1. The number of hydrogen-bond acceptors (Lipinski definition) is 6. The molecular formula is C27H32N4O3. The lowest BCUT2D eigenvalue weighted by molar-refractivity contribution is -0.141. The van der Waals surface area contributed by atoms with Crippen molar-refractivity contribution in [2.45, 2.75) is 53.0 Å². The molecule has 0 radical (unpaired) electrons. The molecule has 1 heterocycles. The Balaban J connectivity index is 1.77. The molecule has 1 aromatic heterocycles. The number of aryl methyl sites for hydroxylation is 2. The minimum absolute atomic E-state index is 0.0181. The van der Waals surface area contributed by atoms with Crippen LogP contribution in [0.5, 0.6) is 5.75 Å². The smallest absolute Gasteiger partial charge is 0.306 e. The fraction of sp³-hybridized carbons (Fsp3) is 0.370. The molecule has 4 rings (SSSR count). The SMILES string of the molecule is COc1cc2nc(C)nc(N[C@H](C)c3cc(N)cc(C)c3C)c2cc1C1=CCC(C(=O)O)CC1. The van der Waals surface area contributed by atoms with Gasteiger partial charge in [-0.2, -0.15) is 0 Å². The number of carboxylic acids is 1. The van der Waals surface area contributed by atoms with Crippen LogP contribution in [0.2, 0.25) is 0 Å². The Morgan fingerprint density at radius 2 is 1.97 bits per heavy atom. The summed E-state index contributed by atoms with van der Waals surface area (Å²) in [7, 11) is 1.65. The van der Waals surface area contributed by atoms with Crippen molar-refractivity contribution in [3.05, 3.63) is 58.4 Å². The molecule has 0 spiro atoms. The van der Waals surface area contributed by atoms with Gasteiger partial charge in [-0.05, 0) is 87.4 Å². The topological polar surface area (TPSA) is 110 Å². The van der Waals surface area contributed by atoms with Crippen LogP contribution < -0.4 is 15.8 Å². The van der Waals surface area contributed by atoms with E-state index in [1.807, 2.05) is 31.2 Å². The summed E-state index contributed by atoms with van der Waals surface area (Å²) in [6.45, 7) is 8.15. The van der Waals surface area contributed by atoms with Gasteiger partial charge in [-0.3, -0.25) is 4.79 Å². The number of nitrogens with one attached hydrogen (secondary N) is 1. The number of aliphatic carboxylic acids is 1. The van der Waals surface area contributed by atoms with Gasteiger partial charge < -0.3 is 20.9 Å². The number of carboxylic acid groups (broad SMARTS) is 1. The third kappa shape index (κ3) is 4.55. The number of hydrogen-bond donors (Lipinski definition) is 3. The fourth-order valence-corrected chi connectivity index (χ4v) is 4.75. The lowest BCUT2D eigenvalue weighted by Crippen LogP contribution is -2.16. The molecular weight excluding hydrogens is 428 g/mol. The maximum Gasteiger partial charge on any atom is 0.306 e. The van der Waals surface area contributed by atoms with Crippen molar-refractivity contribution in [3.63, 3.8) is 0 Å². The molecule has 4 N–H and O–H groups in total. The molecule has 2 atom stereocenters. The van der Waals surface area contributed by atoms with Crippen LogP contribution in [0.25, 0.3) is 16.5 Å². The predicted octanol–water partition coefficient (Wildman–Crippen LogP) is 5.59. The summed E-state index contributed by atoms with van der Waals surface area (Å²) in [4.78, 5) is 20.7. The summed E-state index contributed by atoms with van der Waals surface area (Å²) in [5.74, 6) is 1.07. The molecule has 0 aliphatic heterocycles. The molecule has 0 saturated carbocycles. The van der Waals surface area contributed by atoms with Gasteiger partial charge in [0.2, 0.25) is 0 Å². The molecule has 0 amide bonds. The van der Waals surface area contributed by atoms with Gasteiger partial charge in [-0.15, -0.1) is 0 Å². The van der Waals surface area contributed by atoms with Crippen LogP contribution in [0.3, 0.4) is 0 Å². The van der Waals surface area contributed by atoms with Crippen molar-refractivity contribution >= 4 is 34.0 Å². The first-order chi connectivity index (χ1) is 16.2. The normalized spacial score (nSPS) is 16.7. The first-order valence-corrected chi connectivity index (χ1v) is 11.6. The Bertz CT molecular complexity index is 1300. The number of nitrogen functional groups attached to an aromatic ring is 1. The quantitative estimate of drug-likeness (QED) is 0.411. The van der Waals surface area contributed by atoms with Crippen molar-refractivity contribution < 1.29 is 14.6 Å². The molecule has 0 fully saturated rings. The summed E-state index contributed by atoms with van der Waals surface area (Å²) < 4.78 is 5.70. The van der Waals surface area contributed by atoms with Gasteiger partial charge >= 0.3 is 5.97 Å². The molecule has 34 heavy (non-hydrogen) atoms. The van der Waals surface area contributed by atoms with Crippen molar-refractivity contribution in [2.75, 3.05) is 18.2 Å². The predicted molar refractivity (Wildman–Crippen MR) is 136 cm³/mol. The number of benzene rings is 2. The molecule has 1 aliphatic rings. The van der Waals surface area contributed by atoms with Crippen LogP contribution >= 0.6 is 0 Å². The maximum atomic E-state index is 11.4. The molecule has 7 heteroatoms. The Morgan fingerprint density at radius 3 is 2.62 bits per heavy atom. The van der Waals surface area contributed by atoms with E-state index >= 15 is 0 Å². The third-order valence-corrected chi connectivity index (χ3v) is 6.78. The first kappa shape index (κ1) is 23.5. The zero-order valence-corrected chi connectivity index (χ0v) is 20.4. The number of allylic oxidation sites excluding steroid dienone is 2. The van der Waals surface area contributed by atoms with Crippen LogP contribution in [0.15, 0.2) is 30.3 Å². The minimum Gasteiger partial charge on any atom is -0.496 e. The van der Waals surface area contributed by atoms with E-state index in [4.69, 9.17) is 15.5 Å². The van der Waals surface area contributed by atoms with Crippen LogP contribution in [0.4, 0.5) is 11.5 Å². The Kier molecular flexibility index (Phi) is 6.46. The molecule has 0 saturated heterocycles. The molecule has 1 aliphatic carbocycles. The van der Waals surface area contributed by atoms with Crippen LogP contribution in [0, 0.1) is 26.7 Å². The zero-order valence-electron chi connectivity index (χ0n) is 20.4. The average molecular weight is 461 g/mol. The fourth-order valence-electron chi connectivity index (χ4n) is 4.75. The van der Waals surface area contributed by atoms with Gasteiger partial charge in [0.25, 0.3) is 0 Å². The van der Waals surface area contributed by atoms with E-state index in [0.717, 1.165) is 50.4 Å². The van der Waals surface area contributed by atoms with E-state index in [9.17, 15) is 9.90 Å². The number of ether oxygens (including phenoxy) is 1. The van der Waals surface area contributed by atoms with Crippen molar-refractivity contribution in [1.29, 1.82) is 0 Å². The summed E-state index contributed by atoms with van der Waals surface area (Å²) in [5, 5.41) is 13.8. The van der Waals surface area contributed by atoms with Gasteiger partial charge in [-0.25, -0.2) is 9.97 Å². The Hall–Kier alpha value is -3.61. The van der Waals surface area contributed by atoms with E-state index in [2.05, 4.69) is 37.1 Å².